The average molecular weight is 256 g/mol. The number of carbonyl (C=O) groups excluding carboxylic acids is 1. The molecule has 3 nitrogen and oxygen atoms in total. The molecule has 0 aliphatic carbocycles. The molecule has 0 bridgehead atoms. The predicted molar refractivity (Wildman–Crippen MR) is 66.9 cm³/mol. The van der Waals surface area contributed by atoms with Gasteiger partial charge in [-0.3, -0.25) is 0 Å². The van der Waals surface area contributed by atoms with Gasteiger partial charge in [-0.2, -0.15) is 0 Å². The number of carbonyl (C=O) groups is 1. The summed E-state index contributed by atoms with van der Waals surface area (Å²) in [5, 5.41) is 0. The molecule has 0 spiro atoms. The van der Waals surface area contributed by atoms with Gasteiger partial charge in [0, 0.05) is 0 Å². The Morgan fingerprint density at radius 3 is 2.44 bits per heavy atom. The summed E-state index contributed by atoms with van der Waals surface area (Å²) in [6.07, 6.45) is 4.17. The average Bonchev–Trinajstić information content (AvgIpc) is 2.40. The number of benzene rings is 1. The van der Waals surface area contributed by atoms with Crippen LogP contribution in [0.4, 0.5) is 0 Å². The van der Waals surface area contributed by atoms with Crippen LogP contribution in [0.25, 0.3) is 6.08 Å². The third kappa shape index (κ3) is 4.25. The van der Waals surface area contributed by atoms with Gasteiger partial charge < -0.3 is 10.9 Å². The number of rotatable bonds is 2. The molecular formula is C14H17NaO3. The predicted octanol–water partition coefficient (Wildman–Crippen LogP) is -0.216. The van der Waals surface area contributed by atoms with Crippen LogP contribution in [0, 0.1) is 0 Å². The van der Waals surface area contributed by atoms with E-state index in [1.807, 2.05) is 12.1 Å². The smallest absolute Gasteiger partial charge is 1.00 e. The van der Waals surface area contributed by atoms with Crippen molar-refractivity contribution in [1.82, 2.24) is 0 Å². The molecule has 0 atom stereocenters. The van der Waals surface area contributed by atoms with Gasteiger partial charge in [0.1, 0.15) is 0 Å². The maximum Gasteiger partial charge on any atom is 1.00 e. The van der Waals surface area contributed by atoms with E-state index in [0.29, 0.717) is 5.56 Å². The van der Waals surface area contributed by atoms with Crippen LogP contribution in [-0.2, 0) is 9.47 Å². The number of esters is 1. The largest absolute Gasteiger partial charge is 1.00 e. The maximum atomic E-state index is 11.3. The van der Waals surface area contributed by atoms with E-state index in [4.69, 9.17) is 4.74 Å². The fraction of sp³-hybridized carbons (Fsp3) is 0.357. The van der Waals surface area contributed by atoms with Gasteiger partial charge in [-0.15, -0.1) is 0 Å². The maximum absolute atomic E-state index is 11.3. The van der Waals surface area contributed by atoms with E-state index in [-0.39, 0.29) is 37.0 Å². The van der Waals surface area contributed by atoms with Gasteiger partial charge in [-0.25, -0.2) is 4.79 Å². The zero-order valence-corrected chi connectivity index (χ0v) is 12.9. The first kappa shape index (κ1) is 15.4. The Bertz CT molecular complexity index is 421. The molecule has 1 fully saturated rings. The third-order valence-corrected chi connectivity index (χ3v) is 2.84. The summed E-state index contributed by atoms with van der Waals surface area (Å²) in [5.41, 5.74) is 3.11. The molecule has 0 unspecified atom stereocenters. The van der Waals surface area contributed by atoms with E-state index >= 15 is 0 Å². The molecule has 1 heterocycles. The molecule has 18 heavy (non-hydrogen) atoms. The van der Waals surface area contributed by atoms with Gasteiger partial charge in [-0.05, 0) is 30.5 Å². The van der Waals surface area contributed by atoms with Crippen LogP contribution in [0.15, 0.2) is 29.8 Å². The number of hydrogen-bond donors (Lipinski definition) is 0. The van der Waals surface area contributed by atoms with Crippen LogP contribution < -0.4 is 29.6 Å². The summed E-state index contributed by atoms with van der Waals surface area (Å²) in [7, 11) is 1.39. The third-order valence-electron chi connectivity index (χ3n) is 2.84. The Morgan fingerprint density at radius 2 is 1.89 bits per heavy atom. The molecule has 1 saturated heterocycles. The molecule has 1 aromatic carbocycles. The summed E-state index contributed by atoms with van der Waals surface area (Å²) in [6.45, 7) is 1.62. The molecule has 0 aromatic heterocycles. The van der Waals surface area contributed by atoms with Crippen molar-refractivity contribution in [2.24, 2.45) is 0 Å². The molecule has 0 saturated carbocycles. The van der Waals surface area contributed by atoms with Gasteiger partial charge in [0.2, 0.25) is 0 Å². The molecule has 1 aliphatic heterocycles. The van der Waals surface area contributed by atoms with E-state index in [0.717, 1.165) is 31.6 Å². The Morgan fingerprint density at radius 1 is 1.28 bits per heavy atom. The second-order valence-electron chi connectivity index (χ2n) is 4.03. The minimum atomic E-state index is -0.296. The van der Waals surface area contributed by atoms with Crippen molar-refractivity contribution in [2.75, 3.05) is 20.3 Å². The molecule has 0 amide bonds. The summed E-state index contributed by atoms with van der Waals surface area (Å²) >= 11 is 0. The quantitative estimate of drug-likeness (QED) is 0.542. The van der Waals surface area contributed by atoms with E-state index in [9.17, 15) is 4.79 Å². The van der Waals surface area contributed by atoms with Crippen molar-refractivity contribution in [3.63, 3.8) is 0 Å². The SMILES string of the molecule is COC(=O)c1ccc(C=C2CCOCC2)cc1.[H-].[Na+]. The van der Waals surface area contributed by atoms with Gasteiger partial charge in [0.05, 0.1) is 25.9 Å². The first-order valence-corrected chi connectivity index (χ1v) is 5.75. The molecule has 0 radical (unpaired) electrons. The molecule has 4 heteroatoms. The van der Waals surface area contributed by atoms with Crippen molar-refractivity contribution in [2.45, 2.75) is 12.8 Å². The topological polar surface area (TPSA) is 35.5 Å². The monoisotopic (exact) mass is 256 g/mol. The van der Waals surface area contributed by atoms with Crippen molar-refractivity contribution in [1.29, 1.82) is 0 Å². The van der Waals surface area contributed by atoms with Gasteiger partial charge in [-0.1, -0.05) is 23.8 Å². The molecule has 1 aromatic rings. The minimum absolute atomic E-state index is 0. The van der Waals surface area contributed by atoms with Crippen LogP contribution >= 0.6 is 0 Å². The van der Waals surface area contributed by atoms with Crippen molar-refractivity contribution >= 4 is 12.0 Å². The van der Waals surface area contributed by atoms with Crippen LogP contribution in [0.5, 0.6) is 0 Å². The fourth-order valence-electron chi connectivity index (χ4n) is 1.85. The summed E-state index contributed by atoms with van der Waals surface area (Å²) in [5.74, 6) is -0.296. The van der Waals surface area contributed by atoms with Gasteiger partial charge in [0.25, 0.3) is 0 Å². The second-order valence-corrected chi connectivity index (χ2v) is 4.03. The van der Waals surface area contributed by atoms with Crippen LogP contribution in [0.3, 0.4) is 0 Å². The van der Waals surface area contributed by atoms with Crippen molar-refractivity contribution in [3.05, 3.63) is 41.0 Å². The molecule has 0 N–H and O–H groups in total. The summed E-state index contributed by atoms with van der Waals surface area (Å²) in [6, 6.07) is 7.46. The Kier molecular flexibility index (Phi) is 6.65. The summed E-state index contributed by atoms with van der Waals surface area (Å²) in [4.78, 5) is 11.3. The Labute approximate surface area is 131 Å². The van der Waals surface area contributed by atoms with Crippen molar-refractivity contribution in [3.8, 4) is 0 Å². The molecule has 2 rings (SSSR count). The zero-order chi connectivity index (χ0) is 12.1. The summed E-state index contributed by atoms with van der Waals surface area (Å²) < 4.78 is 9.96. The number of ether oxygens (including phenoxy) is 2. The zero-order valence-electron chi connectivity index (χ0n) is 11.9. The number of hydrogen-bond acceptors (Lipinski definition) is 3. The van der Waals surface area contributed by atoms with Crippen LogP contribution in [0.1, 0.15) is 30.2 Å². The van der Waals surface area contributed by atoms with Crippen molar-refractivity contribution < 1.29 is 45.3 Å². The Hall–Kier alpha value is -0.610. The van der Waals surface area contributed by atoms with Crippen LogP contribution in [0.2, 0.25) is 0 Å². The molecule has 1 aliphatic rings. The fourth-order valence-corrected chi connectivity index (χ4v) is 1.85. The first-order chi connectivity index (χ1) is 8.29. The van der Waals surface area contributed by atoms with E-state index in [1.54, 1.807) is 12.1 Å². The standard InChI is InChI=1S/C14H16O3.Na.H/c1-16-14(15)13-4-2-11(3-5-13)10-12-6-8-17-9-7-12;;/h2-5,10H,6-9H2,1H3;;/q;+1;-1. The van der Waals surface area contributed by atoms with Gasteiger partial charge >= 0.3 is 35.5 Å². The Balaban J connectivity index is 0.00000162. The normalized spacial score (nSPS) is 14.6. The first-order valence-electron chi connectivity index (χ1n) is 5.75. The molecular weight excluding hydrogens is 239 g/mol. The second kappa shape index (κ2) is 7.74. The van der Waals surface area contributed by atoms with E-state index in [1.165, 1.54) is 12.7 Å². The minimum Gasteiger partial charge on any atom is -1.00 e. The molecule has 92 valence electrons. The van der Waals surface area contributed by atoms with E-state index in [2.05, 4.69) is 10.8 Å². The van der Waals surface area contributed by atoms with Crippen LogP contribution in [-0.4, -0.2) is 26.3 Å². The van der Waals surface area contributed by atoms with E-state index < -0.39 is 0 Å². The number of methoxy groups -OCH3 is 1. The van der Waals surface area contributed by atoms with Gasteiger partial charge in [0.15, 0.2) is 0 Å².